The van der Waals surface area contributed by atoms with Crippen LogP contribution < -0.4 is 5.73 Å². The van der Waals surface area contributed by atoms with Crippen molar-refractivity contribution in [3.05, 3.63) is 59.2 Å². The van der Waals surface area contributed by atoms with Gasteiger partial charge in [0, 0.05) is 11.8 Å². The molecule has 1 heterocycles. The van der Waals surface area contributed by atoms with Crippen LogP contribution in [0.5, 0.6) is 0 Å². The lowest BCUT2D eigenvalue weighted by molar-refractivity contribution is -0.140. The van der Waals surface area contributed by atoms with E-state index in [-0.39, 0.29) is 16.9 Å². The van der Waals surface area contributed by atoms with Gasteiger partial charge in [0.25, 0.3) is 0 Å². The Bertz CT molecular complexity index is 668. The number of carbonyl (C=O) groups is 1. The SMILES string of the molecule is Nc1cccnc1C(=O)c1ccc(C(F)(F)F)c(F)c1. The smallest absolute Gasteiger partial charge is 0.397 e. The second kappa shape index (κ2) is 4.92. The first kappa shape index (κ1) is 14.0. The van der Waals surface area contributed by atoms with E-state index in [0.29, 0.717) is 12.1 Å². The molecule has 0 saturated carbocycles. The average molecular weight is 284 g/mol. The second-order valence-corrected chi connectivity index (χ2v) is 3.96. The van der Waals surface area contributed by atoms with Crippen molar-refractivity contribution in [1.29, 1.82) is 0 Å². The van der Waals surface area contributed by atoms with Crippen LogP contribution in [0.2, 0.25) is 0 Å². The summed E-state index contributed by atoms with van der Waals surface area (Å²) in [5.41, 5.74) is 3.80. The molecule has 0 amide bonds. The van der Waals surface area contributed by atoms with Gasteiger partial charge in [0.2, 0.25) is 5.78 Å². The van der Waals surface area contributed by atoms with Crippen molar-refractivity contribution >= 4 is 11.5 Å². The van der Waals surface area contributed by atoms with Gasteiger partial charge in [-0.3, -0.25) is 9.78 Å². The summed E-state index contributed by atoms with van der Waals surface area (Å²) in [5, 5.41) is 0. The minimum Gasteiger partial charge on any atom is -0.397 e. The Balaban J connectivity index is 2.43. The average Bonchev–Trinajstić information content (AvgIpc) is 2.37. The van der Waals surface area contributed by atoms with Crippen molar-refractivity contribution in [2.24, 2.45) is 0 Å². The summed E-state index contributed by atoms with van der Waals surface area (Å²) in [6.45, 7) is 0. The fourth-order valence-electron chi connectivity index (χ4n) is 1.63. The minimum atomic E-state index is -4.81. The Morgan fingerprint density at radius 2 is 1.90 bits per heavy atom. The van der Waals surface area contributed by atoms with Gasteiger partial charge in [-0.15, -0.1) is 0 Å². The third kappa shape index (κ3) is 2.61. The third-order valence-corrected chi connectivity index (χ3v) is 2.59. The molecule has 0 saturated heterocycles. The second-order valence-electron chi connectivity index (χ2n) is 3.96. The van der Waals surface area contributed by atoms with E-state index in [9.17, 15) is 22.4 Å². The Morgan fingerprint density at radius 3 is 2.45 bits per heavy atom. The topological polar surface area (TPSA) is 56.0 Å². The molecule has 0 atom stereocenters. The molecule has 2 N–H and O–H groups in total. The number of alkyl halides is 3. The molecule has 0 radical (unpaired) electrons. The number of nitrogens with two attached hydrogens (primary N) is 1. The Morgan fingerprint density at radius 1 is 1.20 bits per heavy atom. The highest BCUT2D eigenvalue weighted by molar-refractivity contribution is 6.10. The fraction of sp³-hybridized carbons (Fsp3) is 0.0769. The van der Waals surface area contributed by atoms with Crippen LogP contribution in [0.3, 0.4) is 0 Å². The van der Waals surface area contributed by atoms with Crippen molar-refractivity contribution in [3.63, 3.8) is 0 Å². The number of nitrogens with zero attached hydrogens (tertiary/aromatic N) is 1. The number of pyridine rings is 1. The first-order valence-electron chi connectivity index (χ1n) is 5.42. The summed E-state index contributed by atoms with van der Waals surface area (Å²) in [6, 6.07) is 4.85. The van der Waals surface area contributed by atoms with E-state index in [4.69, 9.17) is 5.73 Å². The molecule has 104 valence electrons. The molecular formula is C13H8F4N2O. The summed E-state index contributed by atoms with van der Waals surface area (Å²) in [7, 11) is 0. The zero-order valence-electron chi connectivity index (χ0n) is 9.91. The highest BCUT2D eigenvalue weighted by atomic mass is 19.4. The van der Waals surface area contributed by atoms with Crippen LogP contribution >= 0.6 is 0 Å². The highest BCUT2D eigenvalue weighted by Crippen LogP contribution is 2.31. The van der Waals surface area contributed by atoms with Gasteiger partial charge in [-0.05, 0) is 24.3 Å². The standard InChI is InChI=1S/C13H8F4N2O/c14-9-6-7(3-4-8(9)13(15,16)17)12(20)11-10(18)2-1-5-19-11/h1-6H,18H2. The first-order valence-corrected chi connectivity index (χ1v) is 5.42. The fourth-order valence-corrected chi connectivity index (χ4v) is 1.63. The molecule has 3 nitrogen and oxygen atoms in total. The molecule has 0 aliphatic rings. The molecule has 1 aromatic heterocycles. The van der Waals surface area contributed by atoms with E-state index in [2.05, 4.69) is 4.98 Å². The number of carbonyl (C=O) groups excluding carboxylic acids is 1. The largest absolute Gasteiger partial charge is 0.419 e. The number of rotatable bonds is 2. The van der Waals surface area contributed by atoms with Crippen LogP contribution in [0, 0.1) is 5.82 Å². The van der Waals surface area contributed by atoms with Crippen LogP contribution in [-0.4, -0.2) is 10.8 Å². The number of anilines is 1. The summed E-state index contributed by atoms with van der Waals surface area (Å²) in [6.07, 6.45) is -3.50. The van der Waals surface area contributed by atoms with E-state index < -0.39 is 23.3 Å². The van der Waals surface area contributed by atoms with Gasteiger partial charge in [0.05, 0.1) is 11.3 Å². The van der Waals surface area contributed by atoms with Crippen molar-refractivity contribution in [3.8, 4) is 0 Å². The van der Waals surface area contributed by atoms with Crippen LogP contribution in [0.4, 0.5) is 23.2 Å². The van der Waals surface area contributed by atoms with Gasteiger partial charge >= 0.3 is 6.18 Å². The number of halogens is 4. The van der Waals surface area contributed by atoms with Crippen LogP contribution in [0.15, 0.2) is 36.5 Å². The molecule has 0 fully saturated rings. The van der Waals surface area contributed by atoms with Crippen molar-refractivity contribution < 1.29 is 22.4 Å². The molecule has 2 rings (SSSR count). The molecule has 0 spiro atoms. The van der Waals surface area contributed by atoms with Crippen LogP contribution in [-0.2, 0) is 6.18 Å². The van der Waals surface area contributed by atoms with Gasteiger partial charge in [0.1, 0.15) is 11.5 Å². The van der Waals surface area contributed by atoms with Crippen molar-refractivity contribution in [1.82, 2.24) is 4.98 Å². The number of benzene rings is 1. The summed E-state index contributed by atoms with van der Waals surface area (Å²) in [5.74, 6) is -2.26. The Hall–Kier alpha value is -2.44. The maximum absolute atomic E-state index is 13.4. The minimum absolute atomic E-state index is 0.0674. The number of hydrogen-bond acceptors (Lipinski definition) is 3. The predicted octanol–water partition coefficient (Wildman–Crippen LogP) is 3.05. The lowest BCUT2D eigenvalue weighted by atomic mass is 10.0. The molecule has 1 aromatic carbocycles. The normalized spacial score (nSPS) is 11.4. The molecule has 0 aliphatic carbocycles. The van der Waals surface area contributed by atoms with Gasteiger partial charge in [0.15, 0.2) is 0 Å². The lowest BCUT2D eigenvalue weighted by Crippen LogP contribution is -2.11. The molecule has 2 aromatic rings. The molecule has 0 aliphatic heterocycles. The number of aromatic nitrogens is 1. The maximum Gasteiger partial charge on any atom is 0.419 e. The lowest BCUT2D eigenvalue weighted by Gasteiger charge is -2.09. The number of hydrogen-bond donors (Lipinski definition) is 1. The molecule has 0 unspecified atom stereocenters. The molecule has 20 heavy (non-hydrogen) atoms. The third-order valence-electron chi connectivity index (χ3n) is 2.59. The van der Waals surface area contributed by atoms with E-state index >= 15 is 0 Å². The maximum atomic E-state index is 13.4. The monoisotopic (exact) mass is 284 g/mol. The van der Waals surface area contributed by atoms with E-state index in [1.807, 2.05) is 0 Å². The van der Waals surface area contributed by atoms with Crippen molar-refractivity contribution in [2.45, 2.75) is 6.18 Å². The zero-order valence-corrected chi connectivity index (χ0v) is 9.91. The molecule has 7 heteroatoms. The highest BCUT2D eigenvalue weighted by Gasteiger charge is 2.34. The predicted molar refractivity (Wildman–Crippen MR) is 63.5 cm³/mol. The summed E-state index contributed by atoms with van der Waals surface area (Å²) < 4.78 is 50.6. The Labute approximate surface area is 111 Å². The van der Waals surface area contributed by atoms with Crippen molar-refractivity contribution in [2.75, 3.05) is 5.73 Å². The van der Waals surface area contributed by atoms with E-state index in [1.54, 1.807) is 0 Å². The molecular weight excluding hydrogens is 276 g/mol. The summed E-state index contributed by atoms with van der Waals surface area (Å²) >= 11 is 0. The van der Waals surface area contributed by atoms with Gasteiger partial charge in [-0.2, -0.15) is 13.2 Å². The quantitative estimate of drug-likeness (QED) is 0.681. The van der Waals surface area contributed by atoms with Gasteiger partial charge in [-0.1, -0.05) is 6.07 Å². The van der Waals surface area contributed by atoms with Crippen LogP contribution in [0.1, 0.15) is 21.6 Å². The van der Waals surface area contributed by atoms with Gasteiger partial charge in [-0.25, -0.2) is 4.39 Å². The van der Waals surface area contributed by atoms with E-state index in [1.165, 1.54) is 18.3 Å². The number of nitrogen functional groups attached to an aromatic ring is 1. The zero-order chi connectivity index (χ0) is 14.9. The number of ketones is 1. The Kier molecular flexibility index (Phi) is 3.44. The van der Waals surface area contributed by atoms with E-state index in [0.717, 1.165) is 6.07 Å². The first-order chi connectivity index (χ1) is 9.30. The van der Waals surface area contributed by atoms with Crippen LogP contribution in [0.25, 0.3) is 0 Å². The summed E-state index contributed by atoms with van der Waals surface area (Å²) in [4.78, 5) is 15.7. The molecule has 0 bridgehead atoms. The van der Waals surface area contributed by atoms with Gasteiger partial charge < -0.3 is 5.73 Å².